The predicted molar refractivity (Wildman–Crippen MR) is 82.2 cm³/mol. The van der Waals surface area contributed by atoms with Gasteiger partial charge in [-0.1, -0.05) is 6.92 Å². The Hall–Kier alpha value is -1.36. The third-order valence-corrected chi connectivity index (χ3v) is 4.02. The lowest BCUT2D eigenvalue weighted by atomic mass is 10.2. The van der Waals surface area contributed by atoms with Crippen LogP contribution < -0.4 is 10.6 Å². The van der Waals surface area contributed by atoms with E-state index in [-0.39, 0.29) is 0 Å². The number of anilines is 2. The average Bonchev–Trinajstić information content (AvgIpc) is 3.17. The highest BCUT2D eigenvalue weighted by Gasteiger charge is 2.34. The molecule has 1 atom stereocenters. The van der Waals surface area contributed by atoms with Gasteiger partial charge in [-0.25, -0.2) is 4.98 Å². The molecule has 1 saturated heterocycles. The Morgan fingerprint density at radius 3 is 2.90 bits per heavy atom. The van der Waals surface area contributed by atoms with Crippen molar-refractivity contribution in [3.63, 3.8) is 0 Å². The first-order valence-corrected chi connectivity index (χ1v) is 7.84. The highest BCUT2D eigenvalue weighted by molar-refractivity contribution is 5.43. The zero-order valence-electron chi connectivity index (χ0n) is 12.5. The Kier molecular flexibility index (Phi) is 4.05. The summed E-state index contributed by atoms with van der Waals surface area (Å²) >= 11 is 0. The molecule has 1 aromatic rings. The highest BCUT2D eigenvalue weighted by Crippen LogP contribution is 2.30. The van der Waals surface area contributed by atoms with Crippen LogP contribution in [0.5, 0.6) is 0 Å². The van der Waals surface area contributed by atoms with Gasteiger partial charge in [-0.15, -0.1) is 0 Å². The Labute approximate surface area is 121 Å². The quantitative estimate of drug-likeness (QED) is 0.834. The molecule has 2 fully saturated rings. The second-order valence-electron chi connectivity index (χ2n) is 6.00. The maximum atomic E-state index is 4.57. The van der Waals surface area contributed by atoms with E-state index in [4.69, 9.17) is 0 Å². The minimum Gasteiger partial charge on any atom is -0.366 e. The van der Waals surface area contributed by atoms with Gasteiger partial charge in [-0.2, -0.15) is 4.98 Å². The van der Waals surface area contributed by atoms with Gasteiger partial charge < -0.3 is 10.6 Å². The van der Waals surface area contributed by atoms with Crippen LogP contribution in [0.25, 0.3) is 0 Å². The molecule has 0 aromatic carbocycles. The highest BCUT2D eigenvalue weighted by atomic mass is 15.2. The molecule has 5 nitrogen and oxygen atoms in total. The fourth-order valence-corrected chi connectivity index (χ4v) is 2.84. The fourth-order valence-electron chi connectivity index (χ4n) is 2.84. The van der Waals surface area contributed by atoms with Crippen LogP contribution in [0.2, 0.25) is 0 Å². The van der Waals surface area contributed by atoms with Gasteiger partial charge in [0.25, 0.3) is 0 Å². The number of aromatic nitrogens is 2. The number of nitrogens with zero attached hydrogens (tertiary/aromatic N) is 3. The molecule has 2 N–H and O–H groups in total. The van der Waals surface area contributed by atoms with Crippen molar-refractivity contribution in [2.24, 2.45) is 0 Å². The van der Waals surface area contributed by atoms with Crippen LogP contribution in [0, 0.1) is 6.92 Å². The van der Waals surface area contributed by atoms with Crippen LogP contribution in [-0.2, 0) is 0 Å². The molecule has 2 heterocycles. The smallest absolute Gasteiger partial charge is 0.224 e. The van der Waals surface area contributed by atoms with Gasteiger partial charge in [0.2, 0.25) is 5.95 Å². The normalized spacial score (nSPS) is 23.0. The summed E-state index contributed by atoms with van der Waals surface area (Å²) in [6.07, 6.45) is 5.09. The van der Waals surface area contributed by atoms with Gasteiger partial charge in [0, 0.05) is 43.5 Å². The number of nitrogens with one attached hydrogen (secondary N) is 2. The summed E-state index contributed by atoms with van der Waals surface area (Å²) in [7, 11) is 0. The second-order valence-corrected chi connectivity index (χ2v) is 6.00. The van der Waals surface area contributed by atoms with Crippen LogP contribution in [-0.4, -0.2) is 46.6 Å². The minimum absolute atomic E-state index is 0.531. The molecule has 1 aromatic heterocycles. The molecule has 5 heteroatoms. The van der Waals surface area contributed by atoms with E-state index in [2.05, 4.69) is 32.4 Å². The fraction of sp³-hybridized carbons (Fsp3) is 0.733. The van der Waals surface area contributed by atoms with Crippen molar-refractivity contribution >= 4 is 11.8 Å². The summed E-state index contributed by atoms with van der Waals surface area (Å²) in [5.74, 6) is 1.70. The topological polar surface area (TPSA) is 53.1 Å². The molecule has 0 amide bonds. The Morgan fingerprint density at radius 2 is 2.15 bits per heavy atom. The summed E-state index contributed by atoms with van der Waals surface area (Å²) in [5.41, 5.74) is 1.01. The Balaban J connectivity index is 1.60. The van der Waals surface area contributed by atoms with Crippen molar-refractivity contribution < 1.29 is 0 Å². The molecule has 1 unspecified atom stereocenters. The molecule has 2 aliphatic rings. The lowest BCUT2D eigenvalue weighted by Gasteiger charge is -2.17. The van der Waals surface area contributed by atoms with Gasteiger partial charge in [-0.05, 0) is 32.6 Å². The number of aryl methyl sites for hydroxylation is 1. The molecule has 1 aliphatic carbocycles. The van der Waals surface area contributed by atoms with Gasteiger partial charge in [0.05, 0.1) is 0 Å². The summed E-state index contributed by atoms with van der Waals surface area (Å²) in [4.78, 5) is 11.6. The summed E-state index contributed by atoms with van der Waals surface area (Å²) in [6.45, 7) is 7.47. The minimum atomic E-state index is 0.531. The molecule has 1 saturated carbocycles. The first-order chi connectivity index (χ1) is 9.74. The van der Waals surface area contributed by atoms with Gasteiger partial charge in [-0.3, -0.25) is 4.90 Å². The summed E-state index contributed by atoms with van der Waals surface area (Å²) in [5, 5.41) is 6.84. The molecular weight excluding hydrogens is 250 g/mol. The second kappa shape index (κ2) is 5.95. The van der Waals surface area contributed by atoms with E-state index in [0.29, 0.717) is 6.04 Å². The number of likely N-dealkylation sites (tertiary alicyclic amines) is 1. The molecule has 110 valence electrons. The molecule has 0 radical (unpaired) electrons. The standard InChI is InChI=1S/C15H25N5/c1-3-7-16-15-17-11(2)9-14(19-15)18-12-6-8-20(10-12)13-4-5-13/h9,12-13H,3-8,10H2,1-2H3,(H2,16,17,18,19). The summed E-state index contributed by atoms with van der Waals surface area (Å²) < 4.78 is 0. The molecule has 0 bridgehead atoms. The molecule has 3 rings (SSSR count). The lowest BCUT2D eigenvalue weighted by Crippen LogP contribution is -2.28. The van der Waals surface area contributed by atoms with Crippen molar-refractivity contribution in [1.29, 1.82) is 0 Å². The average molecular weight is 275 g/mol. The van der Waals surface area contributed by atoms with E-state index in [1.165, 1.54) is 25.8 Å². The zero-order valence-corrected chi connectivity index (χ0v) is 12.5. The van der Waals surface area contributed by atoms with Crippen molar-refractivity contribution in [1.82, 2.24) is 14.9 Å². The molecular formula is C15H25N5. The maximum Gasteiger partial charge on any atom is 0.224 e. The monoisotopic (exact) mass is 275 g/mol. The van der Waals surface area contributed by atoms with E-state index < -0.39 is 0 Å². The first-order valence-electron chi connectivity index (χ1n) is 7.84. The van der Waals surface area contributed by atoms with E-state index in [0.717, 1.165) is 43.0 Å². The predicted octanol–water partition coefficient (Wildman–Crippen LogP) is 2.26. The molecule has 20 heavy (non-hydrogen) atoms. The van der Waals surface area contributed by atoms with Gasteiger partial charge in [0.15, 0.2) is 0 Å². The SMILES string of the molecule is CCCNc1nc(C)cc(NC2CCN(C3CC3)C2)n1. The number of hydrogen-bond donors (Lipinski definition) is 2. The number of rotatable bonds is 6. The van der Waals surface area contributed by atoms with Crippen LogP contribution in [0.3, 0.4) is 0 Å². The Bertz CT molecular complexity index is 458. The van der Waals surface area contributed by atoms with Crippen molar-refractivity contribution in [3.05, 3.63) is 11.8 Å². The van der Waals surface area contributed by atoms with Crippen LogP contribution >= 0.6 is 0 Å². The lowest BCUT2D eigenvalue weighted by molar-refractivity contribution is 0.326. The van der Waals surface area contributed by atoms with Crippen LogP contribution in [0.15, 0.2) is 6.07 Å². The third-order valence-electron chi connectivity index (χ3n) is 4.02. The van der Waals surface area contributed by atoms with Crippen LogP contribution in [0.4, 0.5) is 11.8 Å². The van der Waals surface area contributed by atoms with E-state index in [1.54, 1.807) is 0 Å². The van der Waals surface area contributed by atoms with Crippen molar-refractivity contribution in [3.8, 4) is 0 Å². The number of hydrogen-bond acceptors (Lipinski definition) is 5. The van der Waals surface area contributed by atoms with Crippen molar-refractivity contribution in [2.45, 2.75) is 51.6 Å². The van der Waals surface area contributed by atoms with E-state index in [9.17, 15) is 0 Å². The van der Waals surface area contributed by atoms with E-state index in [1.807, 2.05) is 13.0 Å². The third kappa shape index (κ3) is 3.39. The Morgan fingerprint density at radius 1 is 1.30 bits per heavy atom. The van der Waals surface area contributed by atoms with Crippen molar-refractivity contribution in [2.75, 3.05) is 30.3 Å². The summed E-state index contributed by atoms with van der Waals surface area (Å²) in [6, 6.07) is 3.44. The molecule has 0 spiro atoms. The van der Waals surface area contributed by atoms with Gasteiger partial charge in [0.1, 0.15) is 5.82 Å². The maximum absolute atomic E-state index is 4.57. The first kappa shape index (κ1) is 13.6. The van der Waals surface area contributed by atoms with Crippen LogP contribution in [0.1, 0.15) is 38.3 Å². The van der Waals surface area contributed by atoms with E-state index >= 15 is 0 Å². The largest absolute Gasteiger partial charge is 0.366 e. The van der Waals surface area contributed by atoms with Gasteiger partial charge >= 0.3 is 0 Å². The zero-order chi connectivity index (χ0) is 13.9. The molecule has 1 aliphatic heterocycles.